The summed E-state index contributed by atoms with van der Waals surface area (Å²) in [6.45, 7) is 0. The Balaban J connectivity index is 3.20. The smallest absolute Gasteiger partial charge is 0.258 e. The third-order valence-corrected chi connectivity index (χ3v) is 1.88. The summed E-state index contributed by atoms with van der Waals surface area (Å²) in [6.07, 6.45) is 2.43. The van der Waals surface area contributed by atoms with Gasteiger partial charge in [0.2, 0.25) is 0 Å². The number of nitrogens with zero attached hydrogens (tertiary/aromatic N) is 2. The van der Waals surface area contributed by atoms with Crippen LogP contribution in [-0.4, -0.2) is 15.8 Å². The Morgan fingerprint density at radius 2 is 2.29 bits per heavy atom. The van der Waals surface area contributed by atoms with Crippen molar-refractivity contribution in [1.29, 1.82) is 0 Å². The predicted molar refractivity (Wildman–Crippen MR) is 53.5 cm³/mol. The Labute approximate surface area is 90.0 Å². The zero-order valence-corrected chi connectivity index (χ0v) is 8.34. The molecule has 0 saturated carbocycles. The molecule has 0 fully saturated rings. The van der Waals surface area contributed by atoms with Gasteiger partial charge in [0.25, 0.3) is 0 Å². The Morgan fingerprint density at radius 1 is 1.57 bits per heavy atom. The number of hydrogen-bond acceptors (Lipinski definition) is 3. The first-order valence-corrected chi connectivity index (χ1v) is 4.40. The first-order valence-electron chi connectivity index (χ1n) is 3.49. The average molecular weight is 231 g/mol. The number of rotatable bonds is 1. The van der Waals surface area contributed by atoms with Crippen LogP contribution in [0.1, 0.15) is 5.56 Å². The summed E-state index contributed by atoms with van der Waals surface area (Å²) in [5.41, 5.74) is 0.0505. The first-order chi connectivity index (χ1) is 6.66. The van der Waals surface area contributed by atoms with Gasteiger partial charge in [-0.15, -0.1) is 11.6 Å². The molecule has 1 rings (SSSR count). The van der Waals surface area contributed by atoms with Crippen molar-refractivity contribution < 1.29 is 4.92 Å². The van der Waals surface area contributed by atoms with E-state index < -0.39 is 4.92 Å². The molecule has 1 aromatic rings. The molecule has 0 amide bonds. The molecule has 0 saturated heterocycles. The molecule has 0 aromatic carbocycles. The van der Waals surface area contributed by atoms with Crippen LogP contribution in [0.4, 0.5) is 5.69 Å². The van der Waals surface area contributed by atoms with E-state index in [9.17, 15) is 10.1 Å². The molecule has 0 unspecified atom stereocenters. The quantitative estimate of drug-likeness (QED) is 0.322. The molecule has 0 bridgehead atoms. The zero-order valence-electron chi connectivity index (χ0n) is 6.83. The molecule has 14 heavy (non-hydrogen) atoms. The predicted octanol–water partition coefficient (Wildman–Crippen LogP) is 2.23. The van der Waals surface area contributed by atoms with E-state index in [1.54, 1.807) is 0 Å². The van der Waals surface area contributed by atoms with Gasteiger partial charge in [0, 0.05) is 6.20 Å². The zero-order chi connectivity index (χ0) is 10.6. The number of pyridine rings is 1. The minimum atomic E-state index is -0.610. The number of hydrogen-bond donors (Lipinski definition) is 0. The number of alkyl halides is 1. The number of nitro groups is 1. The van der Waals surface area contributed by atoms with Crippen molar-refractivity contribution in [1.82, 2.24) is 4.98 Å². The summed E-state index contributed by atoms with van der Waals surface area (Å²) in [7, 11) is 0. The lowest BCUT2D eigenvalue weighted by atomic mass is 10.2. The first kappa shape index (κ1) is 10.8. The van der Waals surface area contributed by atoms with Crippen molar-refractivity contribution in [3.63, 3.8) is 0 Å². The Kier molecular flexibility index (Phi) is 3.69. The highest BCUT2D eigenvalue weighted by atomic mass is 35.5. The number of aromatic nitrogens is 1. The maximum atomic E-state index is 10.5. The topological polar surface area (TPSA) is 56.0 Å². The second kappa shape index (κ2) is 4.80. The van der Waals surface area contributed by atoms with Crippen molar-refractivity contribution in [2.75, 3.05) is 5.88 Å². The maximum absolute atomic E-state index is 10.5. The largest absolute Gasteiger partial charge is 0.307 e. The van der Waals surface area contributed by atoms with E-state index in [-0.39, 0.29) is 16.6 Å². The highest BCUT2D eigenvalue weighted by molar-refractivity contribution is 6.33. The second-order valence-corrected chi connectivity index (χ2v) is 2.86. The maximum Gasteiger partial charge on any atom is 0.307 e. The van der Waals surface area contributed by atoms with Crippen LogP contribution >= 0.6 is 23.2 Å². The standard InChI is InChI=1S/C8H4Cl2N2O2/c9-3-1-2-6-4-11-5-7(8(6)10)12(13)14/h4-5H,3H2. The fourth-order valence-electron chi connectivity index (χ4n) is 0.777. The van der Waals surface area contributed by atoms with Crippen LogP contribution < -0.4 is 0 Å². The summed E-state index contributed by atoms with van der Waals surface area (Å²) in [6, 6.07) is 0. The van der Waals surface area contributed by atoms with Crippen molar-refractivity contribution in [2.45, 2.75) is 0 Å². The fraction of sp³-hybridized carbons (Fsp3) is 0.125. The van der Waals surface area contributed by atoms with Crippen LogP contribution in [0, 0.1) is 22.0 Å². The van der Waals surface area contributed by atoms with Gasteiger partial charge >= 0.3 is 5.69 Å². The third kappa shape index (κ3) is 2.34. The van der Waals surface area contributed by atoms with Gasteiger partial charge < -0.3 is 0 Å². The minimum Gasteiger partial charge on any atom is -0.258 e. The van der Waals surface area contributed by atoms with Crippen molar-refractivity contribution in [3.8, 4) is 11.8 Å². The molecule has 6 heteroatoms. The van der Waals surface area contributed by atoms with E-state index in [1.165, 1.54) is 6.20 Å². The van der Waals surface area contributed by atoms with Crippen LogP contribution in [0.2, 0.25) is 5.02 Å². The molecular formula is C8H4Cl2N2O2. The van der Waals surface area contributed by atoms with E-state index >= 15 is 0 Å². The van der Waals surface area contributed by atoms with Crippen LogP contribution in [-0.2, 0) is 0 Å². The van der Waals surface area contributed by atoms with E-state index in [0.29, 0.717) is 5.56 Å². The average Bonchev–Trinajstić information content (AvgIpc) is 2.16. The van der Waals surface area contributed by atoms with E-state index in [4.69, 9.17) is 23.2 Å². The lowest BCUT2D eigenvalue weighted by Gasteiger charge is -1.95. The van der Waals surface area contributed by atoms with Gasteiger partial charge in [-0.25, -0.2) is 0 Å². The summed E-state index contributed by atoms with van der Waals surface area (Å²) in [5, 5.41) is 10.4. The van der Waals surface area contributed by atoms with Crippen LogP contribution in [0.3, 0.4) is 0 Å². The van der Waals surface area contributed by atoms with Gasteiger partial charge in [-0.1, -0.05) is 23.4 Å². The van der Waals surface area contributed by atoms with Gasteiger partial charge in [-0.2, -0.15) is 0 Å². The molecule has 0 aliphatic carbocycles. The molecule has 0 N–H and O–H groups in total. The molecule has 0 radical (unpaired) electrons. The summed E-state index contributed by atoms with van der Waals surface area (Å²) in [4.78, 5) is 13.5. The van der Waals surface area contributed by atoms with E-state index in [0.717, 1.165) is 6.20 Å². The molecule has 1 heterocycles. The van der Waals surface area contributed by atoms with Gasteiger partial charge in [0.1, 0.15) is 11.2 Å². The van der Waals surface area contributed by atoms with E-state index in [2.05, 4.69) is 16.8 Å². The molecule has 1 aromatic heterocycles. The molecular weight excluding hydrogens is 227 g/mol. The third-order valence-electron chi connectivity index (χ3n) is 1.35. The summed E-state index contributed by atoms with van der Waals surface area (Å²) in [5.74, 6) is 5.25. The van der Waals surface area contributed by atoms with Gasteiger partial charge in [-0.3, -0.25) is 15.1 Å². The lowest BCUT2D eigenvalue weighted by molar-refractivity contribution is -0.385. The Bertz CT molecular complexity index is 423. The highest BCUT2D eigenvalue weighted by Gasteiger charge is 2.14. The van der Waals surface area contributed by atoms with Gasteiger partial charge in [-0.05, 0) is 0 Å². The SMILES string of the molecule is O=[N+]([O-])c1cncc(C#CCCl)c1Cl. The summed E-state index contributed by atoms with van der Waals surface area (Å²) < 4.78 is 0. The molecule has 72 valence electrons. The van der Waals surface area contributed by atoms with Crippen molar-refractivity contribution in [2.24, 2.45) is 0 Å². The second-order valence-electron chi connectivity index (χ2n) is 2.21. The minimum absolute atomic E-state index is 0.0115. The molecule has 0 aliphatic rings. The van der Waals surface area contributed by atoms with Crippen LogP contribution in [0.25, 0.3) is 0 Å². The summed E-state index contributed by atoms with van der Waals surface area (Å²) >= 11 is 11.0. The molecule has 0 spiro atoms. The van der Waals surface area contributed by atoms with Gasteiger partial charge in [0.15, 0.2) is 0 Å². The fourth-order valence-corrected chi connectivity index (χ4v) is 1.06. The monoisotopic (exact) mass is 230 g/mol. The van der Waals surface area contributed by atoms with Gasteiger partial charge in [0.05, 0.1) is 16.4 Å². The molecule has 4 nitrogen and oxygen atoms in total. The Morgan fingerprint density at radius 3 is 2.86 bits per heavy atom. The van der Waals surface area contributed by atoms with Crippen LogP contribution in [0.15, 0.2) is 12.4 Å². The van der Waals surface area contributed by atoms with E-state index in [1.807, 2.05) is 0 Å². The lowest BCUT2D eigenvalue weighted by Crippen LogP contribution is -1.92. The molecule has 0 aliphatic heterocycles. The highest BCUT2D eigenvalue weighted by Crippen LogP contribution is 2.25. The van der Waals surface area contributed by atoms with Crippen molar-refractivity contribution >= 4 is 28.9 Å². The molecule has 0 atom stereocenters. The normalized spacial score (nSPS) is 9.00. The Hall–Kier alpha value is -1.31. The van der Waals surface area contributed by atoms with Crippen LogP contribution in [0.5, 0.6) is 0 Å². The number of halogens is 2. The van der Waals surface area contributed by atoms with Crippen molar-refractivity contribution in [3.05, 3.63) is 33.1 Å².